The van der Waals surface area contributed by atoms with Crippen molar-refractivity contribution in [1.82, 2.24) is 0 Å². The number of carbonyl (C=O) groups is 1. The highest BCUT2D eigenvalue weighted by Crippen LogP contribution is 2.47. The van der Waals surface area contributed by atoms with Crippen LogP contribution in [0.2, 0.25) is 0 Å². The van der Waals surface area contributed by atoms with E-state index in [9.17, 15) is 4.79 Å². The van der Waals surface area contributed by atoms with E-state index in [0.29, 0.717) is 0 Å². The minimum Gasteiger partial charge on any atom is -0.478 e. The maximum atomic E-state index is 10.7. The Morgan fingerprint density at radius 2 is 1.48 bits per heavy atom. The summed E-state index contributed by atoms with van der Waals surface area (Å²) in [5, 5.41) is 8.75. The van der Waals surface area contributed by atoms with Crippen molar-refractivity contribution in [2.24, 2.45) is 0 Å². The normalized spacial score (nSPS) is 17.5. The summed E-state index contributed by atoms with van der Waals surface area (Å²) in [6, 6.07) is 14.8. The van der Waals surface area contributed by atoms with Crippen molar-refractivity contribution in [2.75, 3.05) is 11.9 Å². The van der Waals surface area contributed by atoms with E-state index in [1.165, 1.54) is 29.7 Å². The molecule has 1 aliphatic rings. The molecule has 0 atom stereocenters. The molecular formula is C24H29NO2. The summed E-state index contributed by atoms with van der Waals surface area (Å²) < 4.78 is 0. The fraction of sp³-hybridized carbons (Fsp3) is 0.375. The van der Waals surface area contributed by atoms with Crippen molar-refractivity contribution in [3.63, 3.8) is 0 Å². The molecule has 0 aromatic heterocycles. The number of carboxylic acid groups (broad SMARTS) is 1. The van der Waals surface area contributed by atoms with E-state index in [1.807, 2.05) is 24.3 Å². The Labute approximate surface area is 162 Å². The smallest absolute Gasteiger partial charge is 0.328 e. The summed E-state index contributed by atoms with van der Waals surface area (Å²) in [7, 11) is 2.07. The number of fused-ring (bicyclic) bond motifs is 1. The molecule has 2 aromatic rings. The van der Waals surface area contributed by atoms with Crippen LogP contribution in [0.4, 0.5) is 11.4 Å². The van der Waals surface area contributed by atoms with Gasteiger partial charge in [0.1, 0.15) is 0 Å². The van der Waals surface area contributed by atoms with Gasteiger partial charge < -0.3 is 10.0 Å². The average Bonchev–Trinajstić information content (AvgIpc) is 2.63. The standard InChI is InChI=1S/C24H29NO2/c1-23(2)14-15-24(3,4)21-16-19(11-12-20(21)23)25(5)18-9-6-17(7-10-18)8-13-22(26)27/h6-13,16H,14-15H2,1-5H3,(H,26,27)/b13-8+. The van der Waals surface area contributed by atoms with Gasteiger partial charge in [-0.3, -0.25) is 0 Å². The number of carboxylic acids is 1. The topological polar surface area (TPSA) is 40.5 Å². The number of benzene rings is 2. The van der Waals surface area contributed by atoms with Gasteiger partial charge in [-0.05, 0) is 70.7 Å². The molecule has 2 aromatic carbocycles. The lowest BCUT2D eigenvalue weighted by molar-refractivity contribution is -0.131. The zero-order chi connectivity index (χ0) is 19.8. The van der Waals surface area contributed by atoms with Gasteiger partial charge in [-0.1, -0.05) is 45.9 Å². The van der Waals surface area contributed by atoms with E-state index in [1.54, 1.807) is 6.08 Å². The van der Waals surface area contributed by atoms with Crippen LogP contribution in [0.5, 0.6) is 0 Å². The zero-order valence-corrected chi connectivity index (χ0v) is 16.9. The Morgan fingerprint density at radius 3 is 2.07 bits per heavy atom. The van der Waals surface area contributed by atoms with Crippen LogP contribution in [0.25, 0.3) is 6.08 Å². The summed E-state index contributed by atoms with van der Waals surface area (Å²) in [6.07, 6.45) is 5.18. The number of hydrogen-bond donors (Lipinski definition) is 1. The fourth-order valence-electron chi connectivity index (χ4n) is 3.91. The molecule has 0 saturated carbocycles. The van der Waals surface area contributed by atoms with Crippen molar-refractivity contribution in [3.8, 4) is 0 Å². The van der Waals surface area contributed by atoms with E-state index in [-0.39, 0.29) is 10.8 Å². The van der Waals surface area contributed by atoms with Gasteiger partial charge in [0.15, 0.2) is 0 Å². The van der Waals surface area contributed by atoms with Crippen LogP contribution in [-0.4, -0.2) is 18.1 Å². The van der Waals surface area contributed by atoms with Crippen LogP contribution < -0.4 is 4.90 Å². The molecule has 1 N–H and O–H groups in total. The summed E-state index contributed by atoms with van der Waals surface area (Å²) in [5.74, 6) is -0.934. The molecule has 142 valence electrons. The first-order valence-corrected chi connectivity index (χ1v) is 9.50. The molecule has 3 rings (SSSR count). The fourth-order valence-corrected chi connectivity index (χ4v) is 3.91. The number of rotatable bonds is 4. The van der Waals surface area contributed by atoms with Crippen molar-refractivity contribution >= 4 is 23.4 Å². The van der Waals surface area contributed by atoms with Crippen LogP contribution in [0.3, 0.4) is 0 Å². The van der Waals surface area contributed by atoms with E-state index >= 15 is 0 Å². The molecule has 0 unspecified atom stereocenters. The Kier molecular flexibility index (Phi) is 4.90. The molecule has 0 amide bonds. The minimum absolute atomic E-state index is 0.188. The van der Waals surface area contributed by atoms with Crippen LogP contribution in [0, 0.1) is 0 Å². The SMILES string of the molecule is CN(c1ccc(/C=C/C(=O)O)cc1)c1ccc2c(c1)C(C)(C)CCC2(C)C. The Bertz CT molecular complexity index is 876. The highest BCUT2D eigenvalue weighted by molar-refractivity contribution is 5.85. The van der Waals surface area contributed by atoms with Gasteiger partial charge in [0.05, 0.1) is 0 Å². The zero-order valence-electron chi connectivity index (χ0n) is 16.9. The van der Waals surface area contributed by atoms with Crippen LogP contribution >= 0.6 is 0 Å². The van der Waals surface area contributed by atoms with Crippen molar-refractivity contribution < 1.29 is 9.90 Å². The van der Waals surface area contributed by atoms with Crippen LogP contribution in [-0.2, 0) is 15.6 Å². The van der Waals surface area contributed by atoms with Gasteiger partial charge in [-0.2, -0.15) is 0 Å². The number of anilines is 2. The largest absolute Gasteiger partial charge is 0.478 e. The molecule has 3 heteroatoms. The second-order valence-electron chi connectivity index (χ2n) is 8.82. The van der Waals surface area contributed by atoms with E-state index < -0.39 is 5.97 Å². The van der Waals surface area contributed by atoms with Gasteiger partial charge in [-0.25, -0.2) is 4.79 Å². The van der Waals surface area contributed by atoms with Crippen LogP contribution in [0.15, 0.2) is 48.5 Å². The Morgan fingerprint density at radius 1 is 0.926 bits per heavy atom. The lowest BCUT2D eigenvalue weighted by Crippen LogP contribution is -2.34. The van der Waals surface area contributed by atoms with E-state index in [0.717, 1.165) is 17.3 Å². The Hall–Kier alpha value is -2.55. The molecule has 0 spiro atoms. The number of aliphatic carboxylic acids is 1. The molecule has 0 aliphatic heterocycles. The van der Waals surface area contributed by atoms with Crippen LogP contribution in [0.1, 0.15) is 57.2 Å². The summed E-state index contributed by atoms with van der Waals surface area (Å²) >= 11 is 0. The molecule has 0 saturated heterocycles. The monoisotopic (exact) mass is 363 g/mol. The summed E-state index contributed by atoms with van der Waals surface area (Å²) in [6.45, 7) is 9.37. The van der Waals surface area contributed by atoms with Gasteiger partial charge in [0, 0.05) is 24.5 Å². The molecule has 27 heavy (non-hydrogen) atoms. The lowest BCUT2D eigenvalue weighted by atomic mass is 9.63. The molecule has 0 fully saturated rings. The van der Waals surface area contributed by atoms with Crippen molar-refractivity contribution in [1.29, 1.82) is 0 Å². The molecule has 1 aliphatic carbocycles. The van der Waals surface area contributed by atoms with E-state index in [4.69, 9.17) is 5.11 Å². The highest BCUT2D eigenvalue weighted by Gasteiger charge is 2.37. The molecule has 3 nitrogen and oxygen atoms in total. The van der Waals surface area contributed by atoms with Gasteiger partial charge >= 0.3 is 5.97 Å². The third-order valence-corrected chi connectivity index (χ3v) is 5.92. The quantitative estimate of drug-likeness (QED) is 0.687. The van der Waals surface area contributed by atoms with Gasteiger partial charge in [0.25, 0.3) is 0 Å². The highest BCUT2D eigenvalue weighted by atomic mass is 16.4. The molecule has 0 bridgehead atoms. The maximum Gasteiger partial charge on any atom is 0.328 e. The second kappa shape index (κ2) is 6.88. The average molecular weight is 364 g/mol. The third kappa shape index (κ3) is 3.92. The first-order chi connectivity index (χ1) is 12.6. The Balaban J connectivity index is 1.92. The van der Waals surface area contributed by atoms with Gasteiger partial charge in [-0.15, -0.1) is 0 Å². The second-order valence-corrected chi connectivity index (χ2v) is 8.82. The molecule has 0 heterocycles. The number of hydrogen-bond acceptors (Lipinski definition) is 2. The maximum absolute atomic E-state index is 10.7. The van der Waals surface area contributed by atoms with Crippen molar-refractivity contribution in [3.05, 3.63) is 65.2 Å². The predicted molar refractivity (Wildman–Crippen MR) is 113 cm³/mol. The first-order valence-electron chi connectivity index (χ1n) is 9.50. The molecule has 0 radical (unpaired) electrons. The first kappa shape index (κ1) is 19.2. The molecular weight excluding hydrogens is 334 g/mol. The third-order valence-electron chi connectivity index (χ3n) is 5.92. The number of nitrogens with zero attached hydrogens (tertiary/aromatic N) is 1. The van der Waals surface area contributed by atoms with E-state index in [2.05, 4.69) is 57.8 Å². The van der Waals surface area contributed by atoms with Crippen molar-refractivity contribution in [2.45, 2.75) is 51.4 Å². The summed E-state index contributed by atoms with van der Waals surface area (Å²) in [4.78, 5) is 12.8. The summed E-state index contributed by atoms with van der Waals surface area (Å²) in [5.41, 5.74) is 6.45. The lowest BCUT2D eigenvalue weighted by Gasteiger charge is -2.42. The predicted octanol–water partition coefficient (Wildman–Crippen LogP) is 5.90. The minimum atomic E-state index is -0.934. The van der Waals surface area contributed by atoms with Gasteiger partial charge in [0.2, 0.25) is 0 Å².